The second kappa shape index (κ2) is 8.25. The van der Waals surface area contributed by atoms with Crippen molar-refractivity contribution in [1.29, 1.82) is 0 Å². The van der Waals surface area contributed by atoms with E-state index in [4.69, 9.17) is 5.11 Å². The minimum atomic E-state index is -5.79. The Morgan fingerprint density at radius 2 is 1.48 bits per heavy atom. The van der Waals surface area contributed by atoms with E-state index in [1.807, 2.05) is 0 Å². The van der Waals surface area contributed by atoms with Crippen LogP contribution in [-0.2, 0) is 4.74 Å². The Bertz CT molecular complexity index is 614. The van der Waals surface area contributed by atoms with Gasteiger partial charge in [0.25, 0.3) is 5.60 Å². The van der Waals surface area contributed by atoms with Crippen LogP contribution in [0, 0.1) is 28.6 Å². The normalized spacial score (nSPS) is 31.8. The highest BCUT2D eigenvalue weighted by Crippen LogP contribution is 2.66. The number of hydrogen-bond donors (Lipinski definition) is 1. The van der Waals surface area contributed by atoms with Gasteiger partial charge in [-0.2, -0.15) is 39.5 Å². The van der Waals surface area contributed by atoms with Gasteiger partial charge in [0.05, 0.1) is 18.6 Å². The van der Waals surface area contributed by atoms with Crippen molar-refractivity contribution in [1.82, 2.24) is 0 Å². The first-order chi connectivity index (χ1) is 13.9. The first kappa shape index (κ1) is 26.5. The van der Waals surface area contributed by atoms with Gasteiger partial charge in [0.2, 0.25) is 0 Å². The van der Waals surface area contributed by atoms with Gasteiger partial charge in [0.1, 0.15) is 0 Å². The Morgan fingerprint density at radius 1 is 0.935 bits per heavy atom. The summed E-state index contributed by atoms with van der Waals surface area (Å²) in [6.45, 7) is 1.81. The number of aliphatic hydroxyl groups excluding tert-OH is 1. The van der Waals surface area contributed by atoms with Gasteiger partial charge < -0.3 is 9.84 Å². The second-order valence-electron chi connectivity index (χ2n) is 9.75. The molecular formula is C20H29F9O2. The van der Waals surface area contributed by atoms with Crippen LogP contribution < -0.4 is 0 Å². The van der Waals surface area contributed by atoms with E-state index in [0.29, 0.717) is 12.8 Å². The molecule has 0 saturated heterocycles. The molecule has 0 spiro atoms. The Labute approximate surface area is 175 Å². The molecule has 5 unspecified atom stereocenters. The Morgan fingerprint density at radius 3 is 1.87 bits per heavy atom. The Balaban J connectivity index is 2.37. The predicted molar refractivity (Wildman–Crippen MR) is 94.0 cm³/mol. The summed E-state index contributed by atoms with van der Waals surface area (Å²) >= 11 is 0. The molecule has 2 saturated carbocycles. The molecule has 0 aromatic carbocycles. The fourth-order valence-electron chi connectivity index (χ4n) is 6.02. The van der Waals surface area contributed by atoms with Crippen LogP contribution in [0.3, 0.4) is 0 Å². The van der Waals surface area contributed by atoms with Crippen molar-refractivity contribution in [3.8, 4) is 0 Å². The highest BCUT2D eigenvalue weighted by atomic mass is 19.4. The highest BCUT2D eigenvalue weighted by molar-refractivity contribution is 5.08. The lowest BCUT2D eigenvalue weighted by atomic mass is 9.60. The van der Waals surface area contributed by atoms with E-state index in [1.54, 1.807) is 6.92 Å². The van der Waals surface area contributed by atoms with Crippen LogP contribution in [0.25, 0.3) is 0 Å². The largest absolute Gasteiger partial charge is 0.426 e. The molecule has 0 aromatic heterocycles. The van der Waals surface area contributed by atoms with Gasteiger partial charge in [-0.3, -0.25) is 0 Å². The molecule has 0 aliphatic heterocycles. The Hall–Kier alpha value is -0.710. The van der Waals surface area contributed by atoms with Gasteiger partial charge in [-0.15, -0.1) is 0 Å². The first-order valence-corrected chi connectivity index (χ1v) is 10.3. The topological polar surface area (TPSA) is 29.5 Å². The number of alkyl halides is 9. The summed E-state index contributed by atoms with van der Waals surface area (Å²) in [4.78, 5) is 0. The molecule has 2 nitrogen and oxygen atoms in total. The molecular weight excluding hydrogens is 443 g/mol. The molecule has 2 aliphatic carbocycles. The summed E-state index contributed by atoms with van der Waals surface area (Å²) in [7, 11) is 0. The van der Waals surface area contributed by atoms with E-state index in [-0.39, 0.29) is 25.2 Å². The third-order valence-corrected chi connectivity index (χ3v) is 7.61. The lowest BCUT2D eigenvalue weighted by molar-refractivity contribution is -0.387. The number of aliphatic hydroxyl groups is 1. The molecule has 2 aliphatic rings. The van der Waals surface area contributed by atoms with Crippen molar-refractivity contribution in [2.75, 3.05) is 13.2 Å². The number of hydrogen-bond acceptors (Lipinski definition) is 2. The predicted octanol–water partition coefficient (Wildman–Crippen LogP) is 6.67. The van der Waals surface area contributed by atoms with E-state index in [0.717, 1.165) is 6.92 Å². The molecule has 184 valence electrons. The van der Waals surface area contributed by atoms with Crippen LogP contribution in [0.15, 0.2) is 0 Å². The molecule has 0 radical (unpaired) electrons. The van der Waals surface area contributed by atoms with Crippen molar-refractivity contribution >= 4 is 0 Å². The molecule has 1 N–H and O–H groups in total. The van der Waals surface area contributed by atoms with E-state index in [9.17, 15) is 39.5 Å². The fraction of sp³-hybridized carbons (Fsp3) is 1.00. The van der Waals surface area contributed by atoms with Crippen molar-refractivity contribution < 1.29 is 49.4 Å². The average Bonchev–Trinajstić information content (AvgIpc) is 3.11. The average molecular weight is 472 g/mol. The number of ether oxygens (including phenoxy) is 1. The van der Waals surface area contributed by atoms with E-state index in [1.165, 1.54) is 6.92 Å². The molecule has 2 rings (SSSR count). The van der Waals surface area contributed by atoms with Crippen LogP contribution >= 0.6 is 0 Å². The molecule has 0 heterocycles. The molecule has 0 aromatic rings. The minimum Gasteiger partial charge on any atom is -0.394 e. The number of halogens is 9. The monoisotopic (exact) mass is 472 g/mol. The van der Waals surface area contributed by atoms with Crippen LogP contribution in [0.4, 0.5) is 39.5 Å². The van der Waals surface area contributed by atoms with Crippen molar-refractivity contribution in [2.45, 2.75) is 83.4 Å². The molecule has 11 heteroatoms. The molecule has 2 bridgehead atoms. The zero-order valence-electron chi connectivity index (χ0n) is 17.6. The smallest absolute Gasteiger partial charge is 0.394 e. The van der Waals surface area contributed by atoms with Crippen molar-refractivity contribution in [2.24, 2.45) is 28.6 Å². The van der Waals surface area contributed by atoms with E-state index < -0.39 is 66.4 Å². The first-order valence-electron chi connectivity index (χ1n) is 10.3. The van der Waals surface area contributed by atoms with Crippen molar-refractivity contribution in [3.05, 3.63) is 0 Å². The zero-order chi connectivity index (χ0) is 24.1. The van der Waals surface area contributed by atoms with Crippen LogP contribution in [0.1, 0.15) is 59.3 Å². The van der Waals surface area contributed by atoms with Gasteiger partial charge in [-0.1, -0.05) is 20.8 Å². The van der Waals surface area contributed by atoms with E-state index >= 15 is 0 Å². The third kappa shape index (κ3) is 4.68. The Kier molecular flexibility index (Phi) is 7.07. The lowest BCUT2D eigenvalue weighted by Crippen LogP contribution is -2.60. The zero-order valence-corrected chi connectivity index (χ0v) is 17.6. The summed E-state index contributed by atoms with van der Waals surface area (Å²) < 4.78 is 127. The summed E-state index contributed by atoms with van der Waals surface area (Å²) in [5, 5.41) is 8.77. The highest BCUT2D eigenvalue weighted by Gasteiger charge is 2.73. The molecule has 0 amide bonds. The fourth-order valence-corrected chi connectivity index (χ4v) is 6.02. The van der Waals surface area contributed by atoms with Crippen molar-refractivity contribution in [3.63, 3.8) is 0 Å². The summed E-state index contributed by atoms with van der Waals surface area (Å²) in [5.74, 6) is -2.00. The van der Waals surface area contributed by atoms with Crippen LogP contribution in [0.5, 0.6) is 0 Å². The van der Waals surface area contributed by atoms with Gasteiger partial charge in [-0.25, -0.2) is 0 Å². The summed E-state index contributed by atoms with van der Waals surface area (Å²) in [6.07, 6.45) is -17.4. The van der Waals surface area contributed by atoms with E-state index in [2.05, 4.69) is 4.74 Å². The summed E-state index contributed by atoms with van der Waals surface area (Å²) in [6, 6.07) is 0. The quantitative estimate of drug-likeness (QED) is 0.400. The van der Waals surface area contributed by atoms with Gasteiger partial charge in [0, 0.05) is 0 Å². The lowest BCUT2D eigenvalue weighted by Gasteiger charge is -2.47. The SMILES string of the molecule is CCC(C)(CC1(C)CC2CC(CC(OCCO)(C(F)(F)F)C(F)(F)F)C1C2)C(F)(F)F. The second-order valence-corrected chi connectivity index (χ2v) is 9.75. The van der Waals surface area contributed by atoms with Crippen LogP contribution in [-0.4, -0.2) is 42.5 Å². The van der Waals surface area contributed by atoms with Gasteiger partial charge in [-0.05, 0) is 61.7 Å². The van der Waals surface area contributed by atoms with Gasteiger partial charge >= 0.3 is 18.5 Å². The van der Waals surface area contributed by atoms with Crippen LogP contribution in [0.2, 0.25) is 0 Å². The molecule has 31 heavy (non-hydrogen) atoms. The third-order valence-electron chi connectivity index (χ3n) is 7.61. The molecule has 5 atom stereocenters. The summed E-state index contributed by atoms with van der Waals surface area (Å²) in [5.41, 5.74) is -7.56. The standard InChI is InChI=1S/C20H29F9O2/c1-4-16(3,18(21,22)23)11-15(2)9-12-7-13(14(15)8-12)10-17(19(24,25)26,20(27,28)29)31-6-5-30/h12-14,30H,4-11H2,1-3H3. The maximum absolute atomic E-state index is 13.7. The maximum atomic E-state index is 13.7. The number of fused-ring (bicyclic) bond motifs is 2. The maximum Gasteiger partial charge on any atom is 0.426 e. The number of rotatable bonds is 8. The molecule has 2 fully saturated rings. The van der Waals surface area contributed by atoms with Gasteiger partial charge in [0.15, 0.2) is 0 Å². The minimum absolute atomic E-state index is 0.0888.